The Morgan fingerprint density at radius 1 is 0.838 bits per heavy atom. The summed E-state index contributed by atoms with van der Waals surface area (Å²) >= 11 is 0. The molecule has 1 aromatic carbocycles. The summed E-state index contributed by atoms with van der Waals surface area (Å²) in [6, 6.07) is 8.30. The standard InChI is InChI=1S/C27H43N3O7/c1-27(2,3)37-25(33)29-19-13-8-6-5-7-12-18-28-24(32)22(16-17-23(31)35-4)30-26(34)36-20-21-14-10-9-11-15-21/h9-11,14-15,22H,5-8,12-13,16-20H2,1-4H3,(H,28,32)(H,29,33)(H,30,34)/t22-/m0/s1. The monoisotopic (exact) mass is 521 g/mol. The molecule has 3 N–H and O–H groups in total. The molecular weight excluding hydrogens is 478 g/mol. The largest absolute Gasteiger partial charge is 0.469 e. The maximum atomic E-state index is 12.6. The molecule has 1 aromatic rings. The number of esters is 1. The van der Waals surface area contributed by atoms with E-state index in [4.69, 9.17) is 9.47 Å². The smallest absolute Gasteiger partial charge is 0.408 e. The van der Waals surface area contributed by atoms with Crippen LogP contribution in [0.1, 0.15) is 77.7 Å². The third-order valence-corrected chi connectivity index (χ3v) is 5.26. The Morgan fingerprint density at radius 2 is 1.43 bits per heavy atom. The zero-order valence-corrected chi connectivity index (χ0v) is 22.6. The van der Waals surface area contributed by atoms with Gasteiger partial charge in [0.2, 0.25) is 5.91 Å². The fourth-order valence-corrected chi connectivity index (χ4v) is 3.34. The quantitative estimate of drug-likeness (QED) is 0.169. The zero-order valence-electron chi connectivity index (χ0n) is 22.6. The highest BCUT2D eigenvalue weighted by atomic mass is 16.6. The van der Waals surface area contributed by atoms with Gasteiger partial charge < -0.3 is 30.2 Å². The maximum absolute atomic E-state index is 12.6. The van der Waals surface area contributed by atoms with Crippen molar-refractivity contribution in [1.82, 2.24) is 16.0 Å². The number of carbonyl (C=O) groups is 4. The lowest BCUT2D eigenvalue weighted by molar-refractivity contribution is -0.140. The summed E-state index contributed by atoms with van der Waals surface area (Å²) in [5, 5.41) is 8.12. The van der Waals surface area contributed by atoms with Gasteiger partial charge in [0.25, 0.3) is 0 Å². The lowest BCUT2D eigenvalue weighted by atomic mass is 10.1. The molecule has 0 unspecified atom stereocenters. The predicted molar refractivity (Wildman–Crippen MR) is 140 cm³/mol. The van der Waals surface area contributed by atoms with Crippen molar-refractivity contribution >= 4 is 24.1 Å². The molecule has 0 saturated heterocycles. The van der Waals surface area contributed by atoms with E-state index in [1.165, 1.54) is 7.11 Å². The van der Waals surface area contributed by atoms with Gasteiger partial charge in [0, 0.05) is 19.5 Å². The molecule has 3 amide bonds. The number of ether oxygens (including phenoxy) is 3. The fourth-order valence-electron chi connectivity index (χ4n) is 3.34. The molecule has 0 saturated carbocycles. The molecule has 0 spiro atoms. The van der Waals surface area contributed by atoms with Crippen LogP contribution in [0.5, 0.6) is 0 Å². The van der Waals surface area contributed by atoms with E-state index in [-0.39, 0.29) is 25.4 Å². The molecule has 10 nitrogen and oxygen atoms in total. The van der Waals surface area contributed by atoms with Crippen LogP contribution in [0.25, 0.3) is 0 Å². The molecule has 208 valence electrons. The van der Waals surface area contributed by atoms with Gasteiger partial charge in [-0.2, -0.15) is 0 Å². The number of rotatable bonds is 16. The first-order chi connectivity index (χ1) is 17.6. The van der Waals surface area contributed by atoms with Crippen LogP contribution in [0, 0.1) is 0 Å². The number of hydrogen-bond donors (Lipinski definition) is 3. The summed E-state index contributed by atoms with van der Waals surface area (Å²) in [6.07, 6.45) is 4.63. The van der Waals surface area contributed by atoms with Crippen LogP contribution in [0.15, 0.2) is 30.3 Å². The number of carbonyl (C=O) groups excluding carboxylic acids is 4. The van der Waals surface area contributed by atoms with E-state index in [9.17, 15) is 19.2 Å². The lowest BCUT2D eigenvalue weighted by Gasteiger charge is -2.19. The lowest BCUT2D eigenvalue weighted by Crippen LogP contribution is -2.47. The van der Waals surface area contributed by atoms with Crippen molar-refractivity contribution in [2.24, 2.45) is 0 Å². The van der Waals surface area contributed by atoms with Crippen LogP contribution in [0.3, 0.4) is 0 Å². The van der Waals surface area contributed by atoms with Gasteiger partial charge in [-0.05, 0) is 45.6 Å². The molecule has 0 aliphatic heterocycles. The summed E-state index contributed by atoms with van der Waals surface area (Å²) < 4.78 is 15.0. The summed E-state index contributed by atoms with van der Waals surface area (Å²) in [5.41, 5.74) is 0.329. The highest BCUT2D eigenvalue weighted by Gasteiger charge is 2.22. The van der Waals surface area contributed by atoms with Gasteiger partial charge in [-0.25, -0.2) is 9.59 Å². The molecule has 0 bridgehead atoms. The average molecular weight is 522 g/mol. The van der Waals surface area contributed by atoms with E-state index in [1.54, 1.807) is 0 Å². The van der Waals surface area contributed by atoms with Crippen molar-refractivity contribution in [2.45, 2.75) is 90.4 Å². The number of amides is 3. The second-order valence-electron chi connectivity index (χ2n) is 9.71. The summed E-state index contributed by atoms with van der Waals surface area (Å²) in [6.45, 7) is 6.61. The van der Waals surface area contributed by atoms with E-state index >= 15 is 0 Å². The van der Waals surface area contributed by atoms with Gasteiger partial charge in [-0.15, -0.1) is 0 Å². The third kappa shape index (κ3) is 16.9. The van der Waals surface area contributed by atoms with Crippen LogP contribution < -0.4 is 16.0 Å². The normalized spacial score (nSPS) is 11.7. The van der Waals surface area contributed by atoms with Crippen LogP contribution in [-0.2, 0) is 30.4 Å². The van der Waals surface area contributed by atoms with Crippen LogP contribution in [-0.4, -0.2) is 55.9 Å². The Morgan fingerprint density at radius 3 is 2.03 bits per heavy atom. The van der Waals surface area contributed by atoms with Gasteiger partial charge in [0.05, 0.1) is 7.11 Å². The highest BCUT2D eigenvalue weighted by molar-refractivity contribution is 5.86. The molecule has 0 aliphatic carbocycles. The SMILES string of the molecule is COC(=O)CC[C@H](NC(=O)OCc1ccccc1)C(=O)NCCCCCCCCNC(=O)OC(C)(C)C. The van der Waals surface area contributed by atoms with Gasteiger partial charge in [-0.1, -0.05) is 56.0 Å². The van der Waals surface area contributed by atoms with Gasteiger partial charge in [0.1, 0.15) is 18.2 Å². The summed E-state index contributed by atoms with van der Waals surface area (Å²) in [4.78, 5) is 47.9. The van der Waals surface area contributed by atoms with Crippen molar-refractivity contribution in [3.05, 3.63) is 35.9 Å². The number of hydrogen-bond acceptors (Lipinski definition) is 7. The summed E-state index contributed by atoms with van der Waals surface area (Å²) in [5.74, 6) is -0.827. The van der Waals surface area contributed by atoms with Gasteiger partial charge in [0.15, 0.2) is 0 Å². The number of alkyl carbamates (subject to hydrolysis) is 2. The molecule has 0 fully saturated rings. The highest BCUT2D eigenvalue weighted by Crippen LogP contribution is 2.08. The first kappa shape index (κ1) is 31.7. The second kappa shape index (κ2) is 18.0. The first-order valence-electron chi connectivity index (χ1n) is 12.9. The van der Waals surface area contributed by atoms with E-state index in [0.717, 1.165) is 44.1 Å². The molecular formula is C27H43N3O7. The van der Waals surface area contributed by atoms with Crippen molar-refractivity contribution < 1.29 is 33.4 Å². The minimum Gasteiger partial charge on any atom is -0.469 e. The van der Waals surface area contributed by atoms with Crippen molar-refractivity contribution in [1.29, 1.82) is 0 Å². The number of nitrogens with one attached hydrogen (secondary N) is 3. The second-order valence-corrected chi connectivity index (χ2v) is 9.71. The molecule has 0 aliphatic rings. The Bertz CT molecular complexity index is 825. The van der Waals surface area contributed by atoms with Crippen LogP contribution >= 0.6 is 0 Å². The van der Waals surface area contributed by atoms with E-state index in [2.05, 4.69) is 20.7 Å². The minimum absolute atomic E-state index is 0.00363. The third-order valence-electron chi connectivity index (χ3n) is 5.26. The van der Waals surface area contributed by atoms with E-state index in [1.807, 2.05) is 51.1 Å². The Hall–Kier alpha value is -3.30. The number of methoxy groups -OCH3 is 1. The average Bonchev–Trinajstić information content (AvgIpc) is 2.85. The maximum Gasteiger partial charge on any atom is 0.408 e. The molecule has 10 heteroatoms. The number of benzene rings is 1. The molecule has 37 heavy (non-hydrogen) atoms. The molecule has 1 rings (SSSR count). The van der Waals surface area contributed by atoms with Crippen molar-refractivity contribution in [2.75, 3.05) is 20.2 Å². The van der Waals surface area contributed by atoms with Crippen LogP contribution in [0.4, 0.5) is 9.59 Å². The zero-order chi connectivity index (χ0) is 27.5. The van der Waals surface area contributed by atoms with Crippen molar-refractivity contribution in [3.63, 3.8) is 0 Å². The summed E-state index contributed by atoms with van der Waals surface area (Å²) in [7, 11) is 1.27. The van der Waals surface area contributed by atoms with E-state index in [0.29, 0.717) is 13.1 Å². The van der Waals surface area contributed by atoms with Crippen LogP contribution in [0.2, 0.25) is 0 Å². The van der Waals surface area contributed by atoms with Gasteiger partial charge >= 0.3 is 18.2 Å². The first-order valence-corrected chi connectivity index (χ1v) is 12.9. The fraction of sp³-hybridized carbons (Fsp3) is 0.630. The van der Waals surface area contributed by atoms with Gasteiger partial charge in [-0.3, -0.25) is 9.59 Å². The Labute approximate surface area is 220 Å². The Balaban J connectivity index is 2.25. The molecule has 0 aromatic heterocycles. The number of unbranched alkanes of at least 4 members (excludes halogenated alkanes) is 5. The van der Waals surface area contributed by atoms with E-state index < -0.39 is 29.8 Å². The molecule has 1 atom stereocenters. The Kier molecular flexibility index (Phi) is 15.5. The molecule has 0 radical (unpaired) electrons. The predicted octanol–water partition coefficient (Wildman–Crippen LogP) is 4.22. The molecule has 0 heterocycles. The minimum atomic E-state index is -0.903. The topological polar surface area (TPSA) is 132 Å². The van der Waals surface area contributed by atoms with Crippen molar-refractivity contribution in [3.8, 4) is 0 Å².